The monoisotopic (exact) mass is 362 g/mol. The van der Waals surface area contributed by atoms with Crippen LogP contribution in [0.3, 0.4) is 0 Å². The van der Waals surface area contributed by atoms with E-state index in [4.69, 9.17) is 10.7 Å². The number of hydrogen-bond acceptors (Lipinski definition) is 5. The Balaban J connectivity index is 1.52. The lowest BCUT2D eigenvalue weighted by Gasteiger charge is -2.28. The van der Waals surface area contributed by atoms with Crippen molar-refractivity contribution in [3.63, 3.8) is 0 Å². The quantitative estimate of drug-likeness (QED) is 0.561. The molecule has 3 aromatic rings. The Bertz CT molecular complexity index is 908. The molecule has 0 aliphatic carbocycles. The van der Waals surface area contributed by atoms with E-state index in [2.05, 4.69) is 40.4 Å². The van der Waals surface area contributed by atoms with Crippen molar-refractivity contribution in [2.45, 2.75) is 24.4 Å². The second kappa shape index (κ2) is 7.48. The minimum Gasteiger partial charge on any atom is -0.399 e. The van der Waals surface area contributed by atoms with Gasteiger partial charge in [-0.15, -0.1) is 11.8 Å². The molecule has 0 atom stereocenters. The van der Waals surface area contributed by atoms with E-state index in [1.54, 1.807) is 0 Å². The highest BCUT2D eigenvalue weighted by Gasteiger charge is 2.19. The average molecular weight is 363 g/mol. The minimum atomic E-state index is 0.757. The largest absolute Gasteiger partial charge is 0.399 e. The number of nitrogens with zero attached hydrogens (tertiary/aromatic N) is 3. The summed E-state index contributed by atoms with van der Waals surface area (Å²) in [5.41, 5.74) is 11.3. The van der Waals surface area contributed by atoms with E-state index in [1.807, 2.05) is 42.2 Å². The zero-order valence-corrected chi connectivity index (χ0v) is 15.7. The van der Waals surface area contributed by atoms with Crippen LogP contribution in [0, 0.1) is 0 Å². The fraction of sp³-hybridized carbons (Fsp3) is 0.238. The smallest absolute Gasteiger partial charge is 0.159 e. The summed E-state index contributed by atoms with van der Waals surface area (Å²) in [6.45, 7) is 2.89. The Morgan fingerprint density at radius 2 is 1.92 bits per heavy atom. The second-order valence-corrected chi connectivity index (χ2v) is 7.41. The standard InChI is InChI=1S/C21H22N4S/c1-26-20-5-3-2-4-16(20)13-25-11-10-19-17(14-25)12-23-21(24-19)15-6-8-18(22)9-7-15/h2-9,12H,10-11,13-14,22H2,1H3. The fourth-order valence-corrected chi connectivity index (χ4v) is 3.96. The number of rotatable bonds is 4. The van der Waals surface area contributed by atoms with Gasteiger partial charge in [-0.25, -0.2) is 9.97 Å². The molecule has 0 radical (unpaired) electrons. The third-order valence-corrected chi connectivity index (χ3v) is 5.61. The SMILES string of the molecule is CSc1ccccc1CN1CCc2nc(-c3ccc(N)cc3)ncc2C1. The first-order valence-electron chi connectivity index (χ1n) is 8.78. The molecule has 0 bridgehead atoms. The summed E-state index contributed by atoms with van der Waals surface area (Å²) in [4.78, 5) is 13.2. The molecule has 0 saturated carbocycles. The third-order valence-electron chi connectivity index (χ3n) is 4.77. The van der Waals surface area contributed by atoms with Crippen molar-refractivity contribution in [3.05, 3.63) is 71.5 Å². The Morgan fingerprint density at radius 1 is 1.12 bits per heavy atom. The van der Waals surface area contributed by atoms with Crippen LogP contribution in [-0.2, 0) is 19.5 Å². The molecule has 5 heteroatoms. The molecule has 0 saturated heterocycles. The highest BCUT2D eigenvalue weighted by atomic mass is 32.2. The van der Waals surface area contributed by atoms with E-state index in [-0.39, 0.29) is 0 Å². The topological polar surface area (TPSA) is 55.0 Å². The van der Waals surface area contributed by atoms with E-state index >= 15 is 0 Å². The normalized spacial score (nSPS) is 14.2. The Labute approximate surface area is 158 Å². The number of thioether (sulfide) groups is 1. The van der Waals surface area contributed by atoms with Crippen LogP contribution in [0.1, 0.15) is 16.8 Å². The summed E-state index contributed by atoms with van der Waals surface area (Å²) in [6, 6.07) is 16.4. The highest BCUT2D eigenvalue weighted by molar-refractivity contribution is 7.98. The van der Waals surface area contributed by atoms with E-state index < -0.39 is 0 Å². The van der Waals surface area contributed by atoms with E-state index in [1.165, 1.54) is 21.7 Å². The van der Waals surface area contributed by atoms with E-state index in [0.717, 1.165) is 43.1 Å². The molecule has 132 valence electrons. The van der Waals surface area contributed by atoms with E-state index in [9.17, 15) is 0 Å². The number of nitrogen functional groups attached to an aromatic ring is 1. The lowest BCUT2D eigenvalue weighted by atomic mass is 10.1. The summed E-state index contributed by atoms with van der Waals surface area (Å²) in [6.07, 6.45) is 5.08. The Morgan fingerprint density at radius 3 is 2.73 bits per heavy atom. The molecule has 26 heavy (non-hydrogen) atoms. The van der Waals surface area contributed by atoms with Crippen LogP contribution in [0.25, 0.3) is 11.4 Å². The molecule has 4 rings (SSSR count). The van der Waals surface area contributed by atoms with Gasteiger partial charge >= 0.3 is 0 Å². The summed E-state index contributed by atoms with van der Waals surface area (Å²) < 4.78 is 0. The summed E-state index contributed by atoms with van der Waals surface area (Å²) in [5, 5.41) is 0. The second-order valence-electron chi connectivity index (χ2n) is 6.56. The van der Waals surface area contributed by atoms with Gasteiger partial charge in [-0.05, 0) is 42.2 Å². The van der Waals surface area contributed by atoms with Gasteiger partial charge in [0.1, 0.15) is 0 Å². The molecule has 2 aromatic carbocycles. The molecule has 1 aliphatic rings. The van der Waals surface area contributed by atoms with Crippen molar-refractivity contribution >= 4 is 17.4 Å². The zero-order chi connectivity index (χ0) is 17.9. The molecule has 1 aromatic heterocycles. The predicted molar refractivity (Wildman–Crippen MR) is 108 cm³/mol. The lowest BCUT2D eigenvalue weighted by molar-refractivity contribution is 0.241. The van der Waals surface area contributed by atoms with Gasteiger partial charge in [0, 0.05) is 54.0 Å². The number of fused-ring (bicyclic) bond motifs is 1. The molecule has 1 aliphatic heterocycles. The highest BCUT2D eigenvalue weighted by Crippen LogP contribution is 2.25. The Kier molecular flexibility index (Phi) is 4.91. The molecule has 0 spiro atoms. The third kappa shape index (κ3) is 3.59. The van der Waals surface area contributed by atoms with Gasteiger partial charge in [0.25, 0.3) is 0 Å². The van der Waals surface area contributed by atoms with Crippen molar-refractivity contribution in [2.24, 2.45) is 0 Å². The lowest BCUT2D eigenvalue weighted by Crippen LogP contribution is -2.31. The number of hydrogen-bond donors (Lipinski definition) is 1. The number of nitrogens with two attached hydrogens (primary N) is 1. The van der Waals surface area contributed by atoms with Crippen LogP contribution in [0.4, 0.5) is 5.69 Å². The van der Waals surface area contributed by atoms with Gasteiger partial charge in [-0.3, -0.25) is 4.90 Å². The minimum absolute atomic E-state index is 0.757. The zero-order valence-electron chi connectivity index (χ0n) is 14.9. The van der Waals surface area contributed by atoms with Crippen molar-refractivity contribution < 1.29 is 0 Å². The summed E-state index contributed by atoms with van der Waals surface area (Å²) in [7, 11) is 0. The first-order valence-corrected chi connectivity index (χ1v) is 10.0. The summed E-state index contributed by atoms with van der Waals surface area (Å²) in [5.74, 6) is 0.782. The number of aromatic nitrogens is 2. The Hall–Kier alpha value is -2.37. The maximum Gasteiger partial charge on any atom is 0.159 e. The van der Waals surface area contributed by atoms with Crippen molar-refractivity contribution in [1.82, 2.24) is 14.9 Å². The van der Waals surface area contributed by atoms with Crippen LogP contribution in [0.2, 0.25) is 0 Å². The predicted octanol–water partition coefficient (Wildman–Crippen LogP) is 4.01. The molecule has 0 amide bonds. The number of benzene rings is 2. The van der Waals surface area contributed by atoms with Gasteiger partial charge in [0.05, 0.1) is 5.69 Å². The molecule has 4 nitrogen and oxygen atoms in total. The van der Waals surface area contributed by atoms with Gasteiger partial charge in [-0.1, -0.05) is 18.2 Å². The number of anilines is 1. The van der Waals surface area contributed by atoms with Crippen LogP contribution < -0.4 is 5.73 Å². The first kappa shape index (κ1) is 17.1. The van der Waals surface area contributed by atoms with E-state index in [0.29, 0.717) is 0 Å². The van der Waals surface area contributed by atoms with Gasteiger partial charge < -0.3 is 5.73 Å². The van der Waals surface area contributed by atoms with Crippen molar-refractivity contribution in [1.29, 1.82) is 0 Å². The van der Waals surface area contributed by atoms with Crippen molar-refractivity contribution in [3.8, 4) is 11.4 Å². The first-order chi connectivity index (χ1) is 12.7. The maximum atomic E-state index is 5.77. The van der Waals surface area contributed by atoms with Crippen LogP contribution in [0.5, 0.6) is 0 Å². The molecule has 0 unspecified atom stereocenters. The molecule has 2 heterocycles. The van der Waals surface area contributed by atoms with Gasteiger partial charge in [0.15, 0.2) is 5.82 Å². The molecule has 0 fully saturated rings. The van der Waals surface area contributed by atoms with Gasteiger partial charge in [-0.2, -0.15) is 0 Å². The average Bonchev–Trinajstić information content (AvgIpc) is 2.68. The maximum absolute atomic E-state index is 5.77. The fourth-order valence-electron chi connectivity index (χ4n) is 3.36. The van der Waals surface area contributed by atoms with Crippen LogP contribution >= 0.6 is 11.8 Å². The van der Waals surface area contributed by atoms with Crippen LogP contribution in [-0.4, -0.2) is 27.7 Å². The molecule has 2 N–H and O–H groups in total. The van der Waals surface area contributed by atoms with Gasteiger partial charge in [0.2, 0.25) is 0 Å². The van der Waals surface area contributed by atoms with Crippen molar-refractivity contribution in [2.75, 3.05) is 18.5 Å². The summed E-state index contributed by atoms with van der Waals surface area (Å²) >= 11 is 1.81. The molecular formula is C21H22N4S. The van der Waals surface area contributed by atoms with Crippen LogP contribution in [0.15, 0.2) is 59.6 Å². The molecular weight excluding hydrogens is 340 g/mol.